The number of nitrogens with one attached hydrogen (secondary N) is 1. The first-order valence-corrected chi connectivity index (χ1v) is 8.96. The molecule has 142 valence electrons. The van der Waals surface area contributed by atoms with Crippen molar-refractivity contribution >= 4 is 11.9 Å². The molecule has 0 aliphatic carbocycles. The van der Waals surface area contributed by atoms with Crippen molar-refractivity contribution in [3.05, 3.63) is 53.9 Å². The summed E-state index contributed by atoms with van der Waals surface area (Å²) in [4.78, 5) is 37.3. The van der Waals surface area contributed by atoms with Gasteiger partial charge in [-0.05, 0) is 17.7 Å². The minimum absolute atomic E-state index is 0.0718. The van der Waals surface area contributed by atoms with Gasteiger partial charge in [0.05, 0.1) is 18.6 Å². The molecule has 0 saturated carbocycles. The van der Waals surface area contributed by atoms with Crippen molar-refractivity contribution in [3.8, 4) is 0 Å². The van der Waals surface area contributed by atoms with Crippen LogP contribution in [0.25, 0.3) is 0 Å². The van der Waals surface area contributed by atoms with Crippen LogP contribution in [0, 0.1) is 17.7 Å². The molecule has 3 amide bonds. The lowest BCUT2D eigenvalue weighted by molar-refractivity contribution is 0.0761. The molecule has 7 nitrogen and oxygen atoms in total. The lowest BCUT2D eigenvalue weighted by Crippen LogP contribution is -2.42. The standard InChI is InChI=1S/C19H22FN5O2/c1-23(2)19(27)25-9-13-8-24(18(26)16-7-21-11-22-16)10-15(13)17(25)12-4-3-5-14(20)6-12/h3-7,11,13,15,17H,8-10H2,1-2H3,(H,21,22)/t13-,15-,17-/m1/s1. The quantitative estimate of drug-likeness (QED) is 0.877. The van der Waals surface area contributed by atoms with Crippen LogP contribution in [0.5, 0.6) is 0 Å². The van der Waals surface area contributed by atoms with Crippen LogP contribution in [-0.4, -0.2) is 70.3 Å². The Hall–Kier alpha value is -2.90. The predicted octanol–water partition coefficient (Wildman–Crippen LogP) is 1.98. The lowest BCUT2D eigenvalue weighted by Gasteiger charge is -2.31. The first kappa shape index (κ1) is 17.5. The number of nitrogens with zero attached hydrogens (tertiary/aromatic N) is 4. The molecule has 2 saturated heterocycles. The molecule has 0 unspecified atom stereocenters. The number of hydrogen-bond donors (Lipinski definition) is 1. The van der Waals surface area contributed by atoms with E-state index in [4.69, 9.17) is 0 Å². The van der Waals surface area contributed by atoms with Gasteiger partial charge < -0.3 is 19.7 Å². The van der Waals surface area contributed by atoms with Crippen LogP contribution >= 0.6 is 0 Å². The molecule has 3 atom stereocenters. The van der Waals surface area contributed by atoms with Crippen LogP contribution in [0.3, 0.4) is 0 Å². The van der Waals surface area contributed by atoms with E-state index in [0.717, 1.165) is 5.56 Å². The van der Waals surface area contributed by atoms with Crippen molar-refractivity contribution in [3.63, 3.8) is 0 Å². The number of rotatable bonds is 2. The number of imidazole rings is 1. The Morgan fingerprint density at radius 1 is 1.26 bits per heavy atom. The van der Waals surface area contributed by atoms with Crippen LogP contribution in [0.1, 0.15) is 22.1 Å². The fraction of sp³-hybridized carbons (Fsp3) is 0.421. The number of fused-ring (bicyclic) bond motifs is 1. The first-order valence-electron chi connectivity index (χ1n) is 8.96. The highest BCUT2D eigenvalue weighted by atomic mass is 19.1. The maximum Gasteiger partial charge on any atom is 0.320 e. The molecule has 2 fully saturated rings. The van der Waals surface area contributed by atoms with Crippen LogP contribution < -0.4 is 0 Å². The van der Waals surface area contributed by atoms with Crippen LogP contribution in [0.2, 0.25) is 0 Å². The first-order chi connectivity index (χ1) is 13.0. The molecule has 8 heteroatoms. The van der Waals surface area contributed by atoms with Gasteiger partial charge in [0, 0.05) is 45.6 Å². The summed E-state index contributed by atoms with van der Waals surface area (Å²) in [5, 5.41) is 0. The second-order valence-electron chi connectivity index (χ2n) is 7.43. The normalized spacial score (nSPS) is 24.2. The molecule has 2 aromatic rings. The van der Waals surface area contributed by atoms with Gasteiger partial charge >= 0.3 is 6.03 Å². The Labute approximate surface area is 156 Å². The van der Waals surface area contributed by atoms with E-state index in [2.05, 4.69) is 9.97 Å². The van der Waals surface area contributed by atoms with Crippen LogP contribution in [0.15, 0.2) is 36.8 Å². The predicted molar refractivity (Wildman–Crippen MR) is 96.4 cm³/mol. The van der Waals surface area contributed by atoms with Gasteiger partial charge in [-0.2, -0.15) is 0 Å². The smallest absolute Gasteiger partial charge is 0.320 e. The highest BCUT2D eigenvalue weighted by Gasteiger charge is 2.50. The molecule has 27 heavy (non-hydrogen) atoms. The summed E-state index contributed by atoms with van der Waals surface area (Å²) < 4.78 is 13.9. The largest absolute Gasteiger partial charge is 0.341 e. The van der Waals surface area contributed by atoms with E-state index in [0.29, 0.717) is 25.3 Å². The second-order valence-corrected chi connectivity index (χ2v) is 7.43. The Kier molecular flexibility index (Phi) is 4.33. The van der Waals surface area contributed by atoms with E-state index >= 15 is 0 Å². The summed E-state index contributed by atoms with van der Waals surface area (Å²) in [6.45, 7) is 1.65. The highest BCUT2D eigenvalue weighted by molar-refractivity contribution is 5.92. The van der Waals surface area contributed by atoms with Gasteiger partial charge in [0.15, 0.2) is 0 Å². The second kappa shape index (κ2) is 6.68. The monoisotopic (exact) mass is 371 g/mol. The Morgan fingerprint density at radius 3 is 2.74 bits per heavy atom. The minimum atomic E-state index is -0.323. The molecule has 1 aromatic heterocycles. The summed E-state index contributed by atoms with van der Waals surface area (Å²) in [7, 11) is 3.43. The summed E-state index contributed by atoms with van der Waals surface area (Å²) >= 11 is 0. The molecule has 0 radical (unpaired) electrons. The van der Waals surface area contributed by atoms with Gasteiger partial charge in [-0.15, -0.1) is 0 Å². The molecule has 4 rings (SSSR count). The number of likely N-dealkylation sites (tertiary alicyclic amines) is 2. The Balaban J connectivity index is 1.63. The number of urea groups is 1. The summed E-state index contributed by atoms with van der Waals surface area (Å²) in [6, 6.07) is 6.06. The zero-order chi connectivity index (χ0) is 19.1. The third-order valence-electron chi connectivity index (χ3n) is 5.50. The number of H-pyrrole nitrogens is 1. The summed E-state index contributed by atoms with van der Waals surface area (Å²) in [5.74, 6) is -0.182. The number of benzene rings is 1. The third kappa shape index (κ3) is 3.05. The van der Waals surface area contributed by atoms with Gasteiger partial charge in [0.1, 0.15) is 11.5 Å². The molecule has 2 aliphatic heterocycles. The van der Waals surface area contributed by atoms with Crippen LogP contribution in [-0.2, 0) is 0 Å². The number of amides is 3. The number of halogens is 1. The van der Waals surface area contributed by atoms with Crippen molar-refractivity contribution in [2.75, 3.05) is 33.7 Å². The highest BCUT2D eigenvalue weighted by Crippen LogP contribution is 2.45. The van der Waals surface area contributed by atoms with Gasteiger partial charge in [0.2, 0.25) is 0 Å². The van der Waals surface area contributed by atoms with Gasteiger partial charge in [-0.1, -0.05) is 12.1 Å². The van der Waals surface area contributed by atoms with E-state index in [1.165, 1.54) is 24.7 Å². The van der Waals surface area contributed by atoms with Crippen molar-refractivity contribution in [2.24, 2.45) is 11.8 Å². The fourth-order valence-corrected chi connectivity index (χ4v) is 4.33. The zero-order valence-electron chi connectivity index (χ0n) is 15.3. The topological polar surface area (TPSA) is 72.5 Å². The number of hydrogen-bond acceptors (Lipinski definition) is 3. The molecular formula is C19H22FN5O2. The van der Waals surface area contributed by atoms with E-state index < -0.39 is 0 Å². The van der Waals surface area contributed by atoms with Gasteiger partial charge in [-0.3, -0.25) is 4.79 Å². The van der Waals surface area contributed by atoms with Gasteiger partial charge in [0.25, 0.3) is 5.91 Å². The molecule has 0 spiro atoms. The van der Waals surface area contributed by atoms with E-state index in [9.17, 15) is 14.0 Å². The molecule has 1 aromatic carbocycles. The van der Waals surface area contributed by atoms with Crippen molar-refractivity contribution < 1.29 is 14.0 Å². The van der Waals surface area contributed by atoms with Crippen molar-refractivity contribution in [1.29, 1.82) is 0 Å². The summed E-state index contributed by atoms with van der Waals surface area (Å²) in [6.07, 6.45) is 3.00. The van der Waals surface area contributed by atoms with Gasteiger partial charge in [-0.25, -0.2) is 14.2 Å². The number of carbonyl (C=O) groups excluding carboxylic acids is 2. The number of carbonyl (C=O) groups is 2. The fourth-order valence-electron chi connectivity index (χ4n) is 4.33. The Bertz CT molecular complexity index is 854. The molecule has 2 aliphatic rings. The lowest BCUT2D eigenvalue weighted by atomic mass is 9.89. The van der Waals surface area contributed by atoms with E-state index in [-0.39, 0.29) is 35.6 Å². The molecule has 3 heterocycles. The zero-order valence-corrected chi connectivity index (χ0v) is 15.3. The summed E-state index contributed by atoms with van der Waals surface area (Å²) in [5.41, 5.74) is 1.23. The molecular weight excluding hydrogens is 349 g/mol. The average molecular weight is 371 g/mol. The number of aromatic amines is 1. The number of aromatic nitrogens is 2. The Morgan fingerprint density at radius 2 is 2.07 bits per heavy atom. The third-order valence-corrected chi connectivity index (χ3v) is 5.50. The van der Waals surface area contributed by atoms with E-state index in [1.54, 1.807) is 30.0 Å². The average Bonchev–Trinajstić information content (AvgIpc) is 3.35. The van der Waals surface area contributed by atoms with E-state index in [1.807, 2.05) is 11.0 Å². The van der Waals surface area contributed by atoms with Crippen molar-refractivity contribution in [2.45, 2.75) is 6.04 Å². The SMILES string of the molecule is CN(C)C(=O)N1C[C@H]2CN(C(=O)c3cnc[nH]3)C[C@H]2[C@H]1c1cccc(F)c1. The van der Waals surface area contributed by atoms with Crippen molar-refractivity contribution in [1.82, 2.24) is 24.7 Å². The molecule has 0 bridgehead atoms. The maximum absolute atomic E-state index is 13.9. The van der Waals surface area contributed by atoms with Crippen LogP contribution in [0.4, 0.5) is 9.18 Å². The maximum atomic E-state index is 13.9. The minimum Gasteiger partial charge on any atom is -0.341 e. The molecule has 1 N–H and O–H groups in total.